The number of alkyl carbamates (subject to hydrolysis) is 1. The molecular formula is C28H35N3O2. The molecule has 0 saturated heterocycles. The molecule has 0 spiro atoms. The summed E-state index contributed by atoms with van der Waals surface area (Å²) in [6.07, 6.45) is 8.67. The standard InChI is InChI=1S/C28H35N3O2/c1-28(2,3)33-27(32)31-24(18-20-10-6-4-7-11-20)26-29-19-25(30-26)23-16-14-22(15-17-23)21-12-8-5-9-13-21/h5,8-9,12-17,19-20,24H,4,6-7,10-11,18H2,1-3H3,(H,29,30)(H,31,32)/t24-/m1/s1. The maximum absolute atomic E-state index is 12.6. The minimum absolute atomic E-state index is 0.194. The smallest absolute Gasteiger partial charge is 0.408 e. The van der Waals surface area contributed by atoms with E-state index in [0.717, 1.165) is 23.5 Å². The van der Waals surface area contributed by atoms with Crippen LogP contribution in [0.3, 0.4) is 0 Å². The topological polar surface area (TPSA) is 67.0 Å². The zero-order chi connectivity index (χ0) is 23.3. The van der Waals surface area contributed by atoms with Crippen LogP contribution in [0.25, 0.3) is 22.4 Å². The number of benzene rings is 2. The number of hydrogen-bond acceptors (Lipinski definition) is 3. The molecule has 1 amide bonds. The van der Waals surface area contributed by atoms with Gasteiger partial charge in [0.1, 0.15) is 11.4 Å². The molecule has 1 saturated carbocycles. The van der Waals surface area contributed by atoms with Crippen molar-refractivity contribution in [2.75, 3.05) is 0 Å². The largest absolute Gasteiger partial charge is 0.444 e. The van der Waals surface area contributed by atoms with Gasteiger partial charge < -0.3 is 15.0 Å². The molecule has 5 nitrogen and oxygen atoms in total. The fourth-order valence-electron chi connectivity index (χ4n) is 4.57. The second-order valence-electron chi connectivity index (χ2n) is 10.1. The number of H-pyrrole nitrogens is 1. The lowest BCUT2D eigenvalue weighted by Gasteiger charge is -2.27. The molecule has 2 aromatic carbocycles. The van der Waals surface area contributed by atoms with Crippen LogP contribution in [-0.2, 0) is 4.74 Å². The Morgan fingerprint density at radius 1 is 1.00 bits per heavy atom. The summed E-state index contributed by atoms with van der Waals surface area (Å²) in [6, 6.07) is 18.6. The van der Waals surface area contributed by atoms with Gasteiger partial charge in [0.2, 0.25) is 0 Å². The number of aromatic amines is 1. The Morgan fingerprint density at radius 2 is 1.64 bits per heavy atom. The van der Waals surface area contributed by atoms with Crippen LogP contribution in [0.15, 0.2) is 60.8 Å². The molecule has 1 aliphatic rings. The number of amides is 1. The van der Waals surface area contributed by atoms with Gasteiger partial charge in [-0.1, -0.05) is 86.7 Å². The molecule has 0 aliphatic heterocycles. The van der Waals surface area contributed by atoms with Crippen molar-refractivity contribution in [3.05, 3.63) is 66.6 Å². The minimum Gasteiger partial charge on any atom is -0.444 e. The van der Waals surface area contributed by atoms with Gasteiger partial charge in [-0.2, -0.15) is 0 Å². The lowest BCUT2D eigenvalue weighted by atomic mass is 9.84. The highest BCUT2D eigenvalue weighted by Crippen LogP contribution is 2.32. The highest BCUT2D eigenvalue weighted by molar-refractivity contribution is 5.69. The highest BCUT2D eigenvalue weighted by atomic mass is 16.6. The number of imidazole rings is 1. The maximum atomic E-state index is 12.6. The summed E-state index contributed by atoms with van der Waals surface area (Å²) in [7, 11) is 0. The highest BCUT2D eigenvalue weighted by Gasteiger charge is 2.26. The first-order valence-electron chi connectivity index (χ1n) is 12.1. The number of carbonyl (C=O) groups excluding carboxylic acids is 1. The summed E-state index contributed by atoms with van der Waals surface area (Å²) < 4.78 is 5.53. The van der Waals surface area contributed by atoms with E-state index in [2.05, 4.69) is 46.7 Å². The number of carbonyl (C=O) groups is 1. The fraction of sp³-hybridized carbons (Fsp3) is 0.429. The number of rotatable bonds is 6. The third kappa shape index (κ3) is 6.47. The molecule has 1 fully saturated rings. The normalized spacial score (nSPS) is 15.7. The Balaban J connectivity index is 1.51. The molecule has 1 atom stereocenters. The summed E-state index contributed by atoms with van der Waals surface area (Å²) >= 11 is 0. The fourth-order valence-corrected chi connectivity index (χ4v) is 4.57. The predicted octanol–water partition coefficient (Wildman–Crippen LogP) is 7.28. The van der Waals surface area contributed by atoms with Gasteiger partial charge in [-0.15, -0.1) is 0 Å². The van der Waals surface area contributed by atoms with Crippen molar-refractivity contribution in [3.63, 3.8) is 0 Å². The van der Waals surface area contributed by atoms with Crippen molar-refractivity contribution >= 4 is 6.09 Å². The van der Waals surface area contributed by atoms with Crippen LogP contribution < -0.4 is 5.32 Å². The van der Waals surface area contributed by atoms with Gasteiger partial charge in [0.25, 0.3) is 0 Å². The Morgan fingerprint density at radius 3 is 2.30 bits per heavy atom. The third-order valence-corrected chi connectivity index (χ3v) is 6.20. The summed E-state index contributed by atoms with van der Waals surface area (Å²) in [6.45, 7) is 5.65. The molecule has 3 aromatic rings. The summed E-state index contributed by atoms with van der Waals surface area (Å²) in [5, 5.41) is 3.08. The van der Waals surface area contributed by atoms with E-state index in [1.165, 1.54) is 43.2 Å². The molecule has 0 bridgehead atoms. The second-order valence-corrected chi connectivity index (χ2v) is 10.1. The van der Waals surface area contributed by atoms with Gasteiger partial charge in [-0.3, -0.25) is 0 Å². The Hall–Kier alpha value is -3.08. The third-order valence-electron chi connectivity index (χ3n) is 6.20. The first kappa shape index (κ1) is 23.1. The predicted molar refractivity (Wildman–Crippen MR) is 133 cm³/mol. The van der Waals surface area contributed by atoms with E-state index in [9.17, 15) is 4.79 Å². The number of hydrogen-bond donors (Lipinski definition) is 2. The summed E-state index contributed by atoms with van der Waals surface area (Å²) in [4.78, 5) is 20.8. The molecule has 33 heavy (non-hydrogen) atoms. The molecule has 2 N–H and O–H groups in total. The first-order valence-corrected chi connectivity index (χ1v) is 12.1. The van der Waals surface area contributed by atoms with E-state index in [1.807, 2.05) is 45.2 Å². The molecule has 5 heteroatoms. The van der Waals surface area contributed by atoms with Gasteiger partial charge in [0.15, 0.2) is 0 Å². The number of ether oxygens (including phenoxy) is 1. The van der Waals surface area contributed by atoms with Gasteiger partial charge in [0, 0.05) is 11.8 Å². The van der Waals surface area contributed by atoms with E-state index in [0.29, 0.717) is 5.92 Å². The molecule has 1 aromatic heterocycles. The van der Waals surface area contributed by atoms with Crippen LogP contribution >= 0.6 is 0 Å². The van der Waals surface area contributed by atoms with Crippen molar-refractivity contribution in [2.24, 2.45) is 5.92 Å². The Bertz CT molecular complexity index is 1030. The number of nitrogens with zero attached hydrogens (tertiary/aromatic N) is 1. The van der Waals surface area contributed by atoms with Crippen molar-refractivity contribution in [2.45, 2.75) is 70.9 Å². The van der Waals surface area contributed by atoms with Crippen LogP contribution in [-0.4, -0.2) is 21.7 Å². The van der Waals surface area contributed by atoms with E-state index >= 15 is 0 Å². The van der Waals surface area contributed by atoms with Gasteiger partial charge in [-0.05, 0) is 44.2 Å². The van der Waals surface area contributed by atoms with E-state index < -0.39 is 11.7 Å². The average molecular weight is 446 g/mol. The number of nitrogens with one attached hydrogen (secondary N) is 2. The lowest BCUT2D eigenvalue weighted by Crippen LogP contribution is -2.36. The van der Waals surface area contributed by atoms with Crippen molar-refractivity contribution in [1.82, 2.24) is 15.3 Å². The zero-order valence-electron chi connectivity index (χ0n) is 19.9. The van der Waals surface area contributed by atoms with Crippen molar-refractivity contribution < 1.29 is 9.53 Å². The Labute approximate surface area is 197 Å². The molecule has 4 rings (SSSR count). The van der Waals surface area contributed by atoms with Gasteiger partial charge in [-0.25, -0.2) is 9.78 Å². The quantitative estimate of drug-likeness (QED) is 0.419. The van der Waals surface area contributed by atoms with Crippen LogP contribution in [0.4, 0.5) is 4.79 Å². The van der Waals surface area contributed by atoms with E-state index in [4.69, 9.17) is 9.72 Å². The van der Waals surface area contributed by atoms with Crippen LogP contribution in [0.2, 0.25) is 0 Å². The monoisotopic (exact) mass is 445 g/mol. The van der Waals surface area contributed by atoms with Gasteiger partial charge >= 0.3 is 6.09 Å². The van der Waals surface area contributed by atoms with Crippen LogP contribution in [0.1, 0.15) is 71.2 Å². The van der Waals surface area contributed by atoms with Crippen molar-refractivity contribution in [3.8, 4) is 22.4 Å². The maximum Gasteiger partial charge on any atom is 0.408 e. The molecule has 0 radical (unpaired) electrons. The number of aromatic nitrogens is 2. The summed E-state index contributed by atoms with van der Waals surface area (Å²) in [5.41, 5.74) is 3.77. The Kier molecular flexibility index (Phi) is 7.17. The van der Waals surface area contributed by atoms with Gasteiger partial charge in [0.05, 0.1) is 11.7 Å². The van der Waals surface area contributed by atoms with Crippen LogP contribution in [0.5, 0.6) is 0 Å². The average Bonchev–Trinajstić information content (AvgIpc) is 3.29. The van der Waals surface area contributed by atoms with E-state index in [1.54, 1.807) is 0 Å². The zero-order valence-corrected chi connectivity index (χ0v) is 19.9. The molecule has 174 valence electrons. The van der Waals surface area contributed by atoms with Crippen molar-refractivity contribution in [1.29, 1.82) is 0 Å². The van der Waals surface area contributed by atoms with E-state index in [-0.39, 0.29) is 6.04 Å². The second kappa shape index (κ2) is 10.2. The molecule has 1 heterocycles. The minimum atomic E-state index is -0.533. The lowest BCUT2D eigenvalue weighted by molar-refractivity contribution is 0.0491. The van der Waals surface area contributed by atoms with Crippen LogP contribution in [0, 0.1) is 5.92 Å². The molecule has 1 aliphatic carbocycles. The first-order chi connectivity index (χ1) is 15.9. The molecular weight excluding hydrogens is 410 g/mol. The summed E-state index contributed by atoms with van der Waals surface area (Å²) in [5.74, 6) is 1.38. The molecule has 0 unspecified atom stereocenters. The SMILES string of the molecule is CC(C)(C)OC(=O)N[C@H](CC1CCCCC1)c1nc(-c2ccc(-c3ccccc3)cc2)c[nH]1.